The fourth-order valence-electron chi connectivity index (χ4n) is 6.60. The molecule has 2 aromatic carbocycles. The van der Waals surface area contributed by atoms with Gasteiger partial charge in [-0.2, -0.15) is 0 Å². The van der Waals surface area contributed by atoms with Gasteiger partial charge in [0.15, 0.2) is 30.2 Å². The first-order valence-electron chi connectivity index (χ1n) is 17.5. The molecule has 3 aliphatic rings. The van der Waals surface area contributed by atoms with Crippen LogP contribution in [0.2, 0.25) is 0 Å². The Hall–Kier alpha value is -4.00. The monoisotopic (exact) mass is 796 g/mol. The quantitative estimate of drug-likeness (QED) is 0.0914. The van der Waals surface area contributed by atoms with Gasteiger partial charge >= 0.3 is 5.97 Å². The molecule has 15 atom stereocenters. The van der Waals surface area contributed by atoms with Gasteiger partial charge in [-0.05, 0) is 31.2 Å². The Morgan fingerprint density at radius 2 is 1.41 bits per heavy atom. The van der Waals surface area contributed by atoms with Crippen LogP contribution in [0.1, 0.15) is 13.8 Å². The molecular weight excluding hydrogens is 752 g/mol. The maximum atomic E-state index is 13.1. The molecule has 0 amide bonds. The van der Waals surface area contributed by atoms with E-state index >= 15 is 0 Å². The lowest BCUT2D eigenvalue weighted by Crippen LogP contribution is -2.66. The van der Waals surface area contributed by atoms with Gasteiger partial charge in [0, 0.05) is 30.7 Å². The van der Waals surface area contributed by atoms with Crippen LogP contribution in [-0.4, -0.2) is 164 Å². The van der Waals surface area contributed by atoms with Gasteiger partial charge in [0.05, 0.1) is 26.4 Å². The molecule has 20 nitrogen and oxygen atoms in total. The van der Waals surface area contributed by atoms with Gasteiger partial charge in [-0.3, -0.25) is 9.59 Å². The number of aliphatic hydroxyl groups is 8. The zero-order chi connectivity index (χ0) is 40.6. The molecular formula is C36H44O20. The van der Waals surface area contributed by atoms with Gasteiger partial charge in [0.2, 0.25) is 6.29 Å². The van der Waals surface area contributed by atoms with Gasteiger partial charge in [0.1, 0.15) is 88.9 Å². The number of benzene rings is 2. The third-order valence-electron chi connectivity index (χ3n) is 9.71. The summed E-state index contributed by atoms with van der Waals surface area (Å²) in [7, 11) is 1.49. The highest BCUT2D eigenvalue weighted by Gasteiger charge is 2.53. The Bertz CT molecular complexity index is 1870. The molecule has 0 spiro atoms. The maximum Gasteiger partial charge on any atom is 0.303 e. The van der Waals surface area contributed by atoms with Gasteiger partial charge in [-0.15, -0.1) is 0 Å². The van der Waals surface area contributed by atoms with E-state index in [9.17, 15) is 55.5 Å². The zero-order valence-corrected chi connectivity index (χ0v) is 30.1. The lowest BCUT2D eigenvalue weighted by Gasteiger charge is -2.47. The minimum Gasteiger partial charge on any atom is -0.507 e. The van der Waals surface area contributed by atoms with Crippen molar-refractivity contribution in [2.24, 2.45) is 0 Å². The molecule has 0 bridgehead atoms. The van der Waals surface area contributed by atoms with Crippen molar-refractivity contribution in [1.82, 2.24) is 0 Å². The number of esters is 1. The molecule has 56 heavy (non-hydrogen) atoms. The number of carbonyl (C=O) groups is 1. The Morgan fingerprint density at radius 1 is 0.750 bits per heavy atom. The number of phenols is 1. The van der Waals surface area contributed by atoms with E-state index in [0.717, 1.165) is 13.0 Å². The minimum absolute atomic E-state index is 0.122. The molecule has 6 rings (SSSR count). The first-order valence-corrected chi connectivity index (χ1v) is 17.5. The average Bonchev–Trinajstić information content (AvgIpc) is 3.17. The second kappa shape index (κ2) is 17.2. The van der Waals surface area contributed by atoms with E-state index in [1.807, 2.05) is 0 Å². The van der Waals surface area contributed by atoms with Crippen LogP contribution < -0.4 is 14.9 Å². The first-order chi connectivity index (χ1) is 26.6. The highest BCUT2D eigenvalue weighted by Crippen LogP contribution is 2.36. The molecule has 3 aromatic rings. The van der Waals surface area contributed by atoms with Crippen LogP contribution >= 0.6 is 0 Å². The number of hydrogen-bond acceptors (Lipinski definition) is 20. The molecule has 0 unspecified atom stereocenters. The predicted octanol–water partition coefficient (Wildman–Crippen LogP) is -2.40. The number of fused-ring (bicyclic) bond motifs is 1. The summed E-state index contributed by atoms with van der Waals surface area (Å²) in [5, 5.41) is 95.2. The van der Waals surface area contributed by atoms with Crippen molar-refractivity contribution in [3.63, 3.8) is 0 Å². The number of aromatic hydroxyl groups is 1. The molecule has 0 radical (unpaired) electrons. The lowest BCUT2D eigenvalue weighted by atomic mass is 9.97. The van der Waals surface area contributed by atoms with Crippen molar-refractivity contribution in [1.29, 1.82) is 0 Å². The summed E-state index contributed by atoms with van der Waals surface area (Å²) >= 11 is 0. The lowest BCUT2D eigenvalue weighted by molar-refractivity contribution is -0.363. The topological polar surface area (TPSA) is 303 Å². The van der Waals surface area contributed by atoms with Crippen LogP contribution in [0.15, 0.2) is 51.7 Å². The molecule has 3 aliphatic heterocycles. The van der Waals surface area contributed by atoms with Gasteiger partial charge in [0.25, 0.3) is 0 Å². The first kappa shape index (κ1) is 41.6. The van der Waals surface area contributed by atoms with Crippen molar-refractivity contribution in [3.8, 4) is 28.6 Å². The minimum atomic E-state index is -1.97. The fourth-order valence-corrected chi connectivity index (χ4v) is 6.60. The van der Waals surface area contributed by atoms with Crippen molar-refractivity contribution >= 4 is 16.9 Å². The summed E-state index contributed by atoms with van der Waals surface area (Å²) < 4.78 is 50.9. The largest absolute Gasteiger partial charge is 0.507 e. The van der Waals surface area contributed by atoms with E-state index in [1.54, 1.807) is 24.3 Å². The number of methoxy groups -OCH3 is 1. The zero-order valence-electron chi connectivity index (χ0n) is 30.1. The predicted molar refractivity (Wildman–Crippen MR) is 184 cm³/mol. The van der Waals surface area contributed by atoms with Crippen LogP contribution in [0.4, 0.5) is 0 Å². The van der Waals surface area contributed by atoms with E-state index in [2.05, 4.69) is 0 Å². The van der Waals surface area contributed by atoms with Crippen LogP contribution in [0.5, 0.6) is 17.2 Å². The van der Waals surface area contributed by atoms with E-state index in [4.69, 9.17) is 42.3 Å². The fraction of sp³-hybridized carbons (Fsp3) is 0.556. The van der Waals surface area contributed by atoms with Crippen LogP contribution in [0.25, 0.3) is 22.3 Å². The van der Waals surface area contributed by atoms with Crippen LogP contribution in [0.3, 0.4) is 0 Å². The van der Waals surface area contributed by atoms with Crippen molar-refractivity contribution < 1.29 is 93.1 Å². The molecule has 4 heterocycles. The smallest absolute Gasteiger partial charge is 0.303 e. The molecule has 0 saturated carbocycles. The Morgan fingerprint density at radius 3 is 2.07 bits per heavy atom. The molecule has 308 valence electrons. The molecule has 3 saturated heterocycles. The second-order valence-electron chi connectivity index (χ2n) is 13.6. The Balaban J connectivity index is 1.33. The number of rotatable bonds is 11. The van der Waals surface area contributed by atoms with Crippen molar-refractivity contribution in [2.75, 3.05) is 20.3 Å². The van der Waals surface area contributed by atoms with E-state index in [0.29, 0.717) is 11.3 Å². The van der Waals surface area contributed by atoms with Crippen LogP contribution in [-0.2, 0) is 33.2 Å². The number of hydrogen-bond donors (Lipinski definition) is 9. The van der Waals surface area contributed by atoms with Gasteiger partial charge in [-0.1, -0.05) is 0 Å². The number of aliphatic hydroxyl groups excluding tert-OH is 8. The summed E-state index contributed by atoms with van der Waals surface area (Å²) in [6.45, 7) is 0.978. The normalized spacial score (nSPS) is 36.2. The Labute approximate surface area is 317 Å². The van der Waals surface area contributed by atoms with Gasteiger partial charge < -0.3 is 88.3 Å². The number of ether oxygens (including phenoxy) is 8. The molecule has 9 N–H and O–H groups in total. The summed E-state index contributed by atoms with van der Waals surface area (Å²) in [6, 6.07) is 10.0. The summed E-state index contributed by atoms with van der Waals surface area (Å²) in [5.41, 5.74) is -0.249. The highest BCUT2D eigenvalue weighted by molar-refractivity contribution is 5.86. The summed E-state index contributed by atoms with van der Waals surface area (Å²) in [5.74, 6) is -1.06. The molecule has 0 aliphatic carbocycles. The molecule has 20 heteroatoms. The maximum absolute atomic E-state index is 13.1. The Kier molecular flexibility index (Phi) is 12.8. The van der Waals surface area contributed by atoms with Gasteiger partial charge in [-0.25, -0.2) is 0 Å². The second-order valence-corrected chi connectivity index (χ2v) is 13.6. The third kappa shape index (κ3) is 8.48. The summed E-state index contributed by atoms with van der Waals surface area (Å²) in [6.07, 6.45) is -24.9. The number of carbonyl (C=O) groups excluding carboxylic acids is 1. The van der Waals surface area contributed by atoms with Crippen molar-refractivity contribution in [2.45, 2.75) is 106 Å². The van der Waals surface area contributed by atoms with E-state index in [-0.39, 0.29) is 22.5 Å². The third-order valence-corrected chi connectivity index (χ3v) is 9.71. The standard InChI is InChI=1S/C36H44O20/c1-13-25(41)28(44)31(47)34(50-13)49-12-23-27(43)30(46)33(56-36-32(51-14(2)38)29(45)26(42)22(11-37)54-36)35(55-23)52-17-8-18(39)24-19(40)10-20(53-21(24)9-17)15-4-6-16(48-3)7-5-15/h4-10,13,22-23,25-37,39,41-47H,11-12H2,1-3H3/t13-,22+,23+,25-,26+,27+,28+,29-,30-,31+,32+,33+,34+,35+,36-/m0/s1. The molecule has 3 fully saturated rings. The van der Waals surface area contributed by atoms with E-state index in [1.165, 1.54) is 26.2 Å². The van der Waals surface area contributed by atoms with Crippen LogP contribution in [0, 0.1) is 0 Å². The van der Waals surface area contributed by atoms with Crippen molar-refractivity contribution in [3.05, 3.63) is 52.7 Å². The van der Waals surface area contributed by atoms with E-state index < -0.39 is 122 Å². The number of phenolic OH excluding ortho intramolecular Hbond substituents is 1. The SMILES string of the molecule is COc1ccc(-c2cc(=O)c3c(O)cc(O[C@@H]4O[C@H](CO[C@@H]5O[C@@H](C)[C@H](O)[C@@H](O)[C@H]5O)[C@@H](O)[C@H](O)[C@H]4O[C@@H]4O[C@H](CO)[C@@H](O)[C@H](O)[C@H]4OC(C)=O)cc3o2)cc1. The summed E-state index contributed by atoms with van der Waals surface area (Å²) in [4.78, 5) is 25.1. The highest BCUT2D eigenvalue weighted by atomic mass is 16.8. The molecule has 1 aromatic heterocycles. The average molecular weight is 797 g/mol.